The quantitative estimate of drug-likeness (QED) is 0.626. The molecule has 1 aliphatic rings. The molecule has 1 aliphatic heterocycles. The third-order valence-corrected chi connectivity index (χ3v) is 5.71. The van der Waals surface area contributed by atoms with Gasteiger partial charge in [0.05, 0.1) is 13.0 Å². The van der Waals surface area contributed by atoms with Gasteiger partial charge in [-0.1, -0.05) is 48.5 Å². The van der Waals surface area contributed by atoms with Gasteiger partial charge in [-0.2, -0.15) is 0 Å². The van der Waals surface area contributed by atoms with Crippen molar-refractivity contribution in [1.29, 1.82) is 0 Å². The van der Waals surface area contributed by atoms with Gasteiger partial charge < -0.3 is 15.5 Å². The SMILES string of the molecule is O=C(Cc1cccc2ccccc12)NCC(=O)Nc1cccc(C(=O)N2CCCCC2)c1. The van der Waals surface area contributed by atoms with E-state index in [2.05, 4.69) is 10.6 Å². The smallest absolute Gasteiger partial charge is 0.253 e. The van der Waals surface area contributed by atoms with Crippen LogP contribution < -0.4 is 10.6 Å². The third kappa shape index (κ3) is 5.32. The number of nitrogens with one attached hydrogen (secondary N) is 2. The molecule has 2 N–H and O–H groups in total. The first-order valence-corrected chi connectivity index (χ1v) is 11.0. The van der Waals surface area contributed by atoms with Gasteiger partial charge in [-0.15, -0.1) is 0 Å². The van der Waals surface area contributed by atoms with Gasteiger partial charge in [-0.25, -0.2) is 0 Å². The van der Waals surface area contributed by atoms with Crippen molar-refractivity contribution < 1.29 is 14.4 Å². The molecule has 1 heterocycles. The Bertz CT molecular complexity index is 1130. The first-order valence-electron chi connectivity index (χ1n) is 11.0. The second-order valence-corrected chi connectivity index (χ2v) is 8.07. The number of nitrogens with zero attached hydrogens (tertiary/aromatic N) is 1. The normalized spacial score (nSPS) is 13.6. The Morgan fingerprint density at radius 2 is 1.56 bits per heavy atom. The fourth-order valence-corrected chi connectivity index (χ4v) is 4.08. The van der Waals surface area contributed by atoms with Crippen LogP contribution in [-0.4, -0.2) is 42.3 Å². The number of carbonyl (C=O) groups is 3. The molecule has 32 heavy (non-hydrogen) atoms. The van der Waals surface area contributed by atoms with Gasteiger partial charge in [0.15, 0.2) is 0 Å². The molecule has 4 rings (SSSR count). The average molecular weight is 430 g/mol. The average Bonchev–Trinajstić information content (AvgIpc) is 2.83. The molecule has 6 nitrogen and oxygen atoms in total. The van der Waals surface area contributed by atoms with Crippen LogP contribution >= 0.6 is 0 Å². The monoisotopic (exact) mass is 429 g/mol. The van der Waals surface area contributed by atoms with E-state index in [1.807, 2.05) is 47.4 Å². The molecule has 0 aliphatic carbocycles. The van der Waals surface area contributed by atoms with Crippen molar-refractivity contribution in [2.45, 2.75) is 25.7 Å². The summed E-state index contributed by atoms with van der Waals surface area (Å²) in [5, 5.41) is 7.55. The molecule has 0 spiro atoms. The van der Waals surface area contributed by atoms with E-state index in [1.54, 1.807) is 24.3 Å². The molecule has 3 aromatic rings. The molecule has 0 saturated carbocycles. The number of anilines is 1. The molecular weight excluding hydrogens is 402 g/mol. The van der Waals surface area contributed by atoms with Crippen molar-refractivity contribution in [3.63, 3.8) is 0 Å². The van der Waals surface area contributed by atoms with Gasteiger partial charge in [-0.05, 0) is 53.8 Å². The highest BCUT2D eigenvalue weighted by atomic mass is 16.2. The lowest BCUT2D eigenvalue weighted by molar-refractivity contribution is -0.123. The Hall–Kier alpha value is -3.67. The maximum absolute atomic E-state index is 12.7. The molecule has 1 fully saturated rings. The van der Waals surface area contributed by atoms with Crippen LogP contribution in [0.15, 0.2) is 66.7 Å². The zero-order valence-electron chi connectivity index (χ0n) is 18.0. The Morgan fingerprint density at radius 1 is 0.812 bits per heavy atom. The highest BCUT2D eigenvalue weighted by molar-refractivity contribution is 5.98. The van der Waals surface area contributed by atoms with Crippen LogP contribution in [0, 0.1) is 0 Å². The minimum Gasteiger partial charge on any atom is -0.347 e. The van der Waals surface area contributed by atoms with Crippen LogP contribution in [0.1, 0.15) is 35.2 Å². The number of piperidine rings is 1. The number of hydrogen-bond acceptors (Lipinski definition) is 3. The summed E-state index contributed by atoms with van der Waals surface area (Å²) in [4.78, 5) is 39.3. The topological polar surface area (TPSA) is 78.5 Å². The predicted octanol–water partition coefficient (Wildman–Crippen LogP) is 3.76. The van der Waals surface area contributed by atoms with Crippen LogP contribution in [0.2, 0.25) is 0 Å². The molecule has 0 aromatic heterocycles. The number of rotatable bonds is 6. The van der Waals surface area contributed by atoms with E-state index in [0.29, 0.717) is 11.3 Å². The summed E-state index contributed by atoms with van der Waals surface area (Å²) in [6.45, 7) is 1.42. The van der Waals surface area contributed by atoms with E-state index in [9.17, 15) is 14.4 Å². The van der Waals surface area contributed by atoms with Crippen molar-refractivity contribution >= 4 is 34.2 Å². The summed E-state index contributed by atoms with van der Waals surface area (Å²) < 4.78 is 0. The maximum atomic E-state index is 12.7. The fourth-order valence-electron chi connectivity index (χ4n) is 4.08. The van der Waals surface area contributed by atoms with E-state index in [4.69, 9.17) is 0 Å². The predicted molar refractivity (Wildman–Crippen MR) is 125 cm³/mol. The zero-order chi connectivity index (χ0) is 22.3. The van der Waals surface area contributed by atoms with Gasteiger partial charge in [0.2, 0.25) is 11.8 Å². The fraction of sp³-hybridized carbons (Fsp3) is 0.269. The van der Waals surface area contributed by atoms with Gasteiger partial charge in [0, 0.05) is 24.3 Å². The third-order valence-electron chi connectivity index (χ3n) is 5.71. The van der Waals surface area contributed by atoms with Gasteiger partial charge in [0.1, 0.15) is 0 Å². The van der Waals surface area contributed by atoms with Crippen LogP contribution in [0.4, 0.5) is 5.69 Å². The van der Waals surface area contributed by atoms with Crippen LogP contribution in [-0.2, 0) is 16.0 Å². The highest BCUT2D eigenvalue weighted by Gasteiger charge is 2.18. The number of carbonyl (C=O) groups excluding carboxylic acids is 3. The standard InChI is InChI=1S/C26H27N3O3/c30-24(17-20-10-6-9-19-8-2-3-13-23(19)20)27-18-25(31)28-22-12-7-11-21(16-22)26(32)29-14-4-1-5-15-29/h2-3,6-13,16H,1,4-5,14-15,17-18H2,(H,27,30)(H,28,31). The minimum atomic E-state index is -0.334. The van der Waals surface area contributed by atoms with Crippen molar-refractivity contribution in [1.82, 2.24) is 10.2 Å². The van der Waals surface area contributed by atoms with Crippen molar-refractivity contribution in [2.75, 3.05) is 25.0 Å². The van der Waals surface area contributed by atoms with E-state index < -0.39 is 0 Å². The molecule has 3 aromatic carbocycles. The summed E-state index contributed by atoms with van der Waals surface area (Å²) >= 11 is 0. The largest absolute Gasteiger partial charge is 0.347 e. The lowest BCUT2D eigenvalue weighted by Crippen LogP contribution is -2.35. The highest BCUT2D eigenvalue weighted by Crippen LogP contribution is 2.19. The summed E-state index contributed by atoms with van der Waals surface area (Å²) in [6, 6.07) is 20.7. The molecule has 164 valence electrons. The van der Waals surface area contributed by atoms with Gasteiger partial charge in [-0.3, -0.25) is 14.4 Å². The van der Waals surface area contributed by atoms with Crippen molar-refractivity contribution in [3.8, 4) is 0 Å². The number of amides is 3. The number of benzene rings is 3. The Labute approximate surface area is 187 Å². The Balaban J connectivity index is 1.31. The first kappa shape index (κ1) is 21.6. The second-order valence-electron chi connectivity index (χ2n) is 8.07. The lowest BCUT2D eigenvalue weighted by atomic mass is 10.0. The van der Waals surface area contributed by atoms with Crippen molar-refractivity contribution in [3.05, 3.63) is 77.9 Å². The van der Waals surface area contributed by atoms with E-state index >= 15 is 0 Å². The van der Waals surface area contributed by atoms with Crippen LogP contribution in [0.3, 0.4) is 0 Å². The summed E-state index contributed by atoms with van der Waals surface area (Å²) in [5.41, 5.74) is 2.02. The number of hydrogen-bond donors (Lipinski definition) is 2. The Kier molecular flexibility index (Phi) is 6.80. The second kappa shape index (κ2) is 10.1. The number of fused-ring (bicyclic) bond motifs is 1. The zero-order valence-corrected chi connectivity index (χ0v) is 18.0. The van der Waals surface area contributed by atoms with E-state index in [1.165, 1.54) is 0 Å². The molecule has 3 amide bonds. The lowest BCUT2D eigenvalue weighted by Gasteiger charge is -2.26. The summed E-state index contributed by atoms with van der Waals surface area (Å²) in [6.07, 6.45) is 3.42. The first-order chi connectivity index (χ1) is 15.6. The summed E-state index contributed by atoms with van der Waals surface area (Å²) in [7, 11) is 0. The van der Waals surface area contributed by atoms with Gasteiger partial charge in [0.25, 0.3) is 5.91 Å². The maximum Gasteiger partial charge on any atom is 0.253 e. The Morgan fingerprint density at radius 3 is 2.41 bits per heavy atom. The molecule has 6 heteroatoms. The number of likely N-dealkylation sites (tertiary alicyclic amines) is 1. The minimum absolute atomic E-state index is 0.0100. The van der Waals surface area contributed by atoms with Crippen molar-refractivity contribution in [2.24, 2.45) is 0 Å². The molecule has 1 saturated heterocycles. The summed E-state index contributed by atoms with van der Waals surface area (Å²) in [5.74, 6) is -0.562. The van der Waals surface area contributed by atoms with Crippen LogP contribution in [0.5, 0.6) is 0 Å². The molecule has 0 unspecified atom stereocenters. The molecule has 0 atom stereocenters. The van der Waals surface area contributed by atoms with Gasteiger partial charge >= 0.3 is 0 Å². The van der Waals surface area contributed by atoms with Crippen LogP contribution in [0.25, 0.3) is 10.8 Å². The van der Waals surface area contributed by atoms with E-state index in [-0.39, 0.29) is 30.7 Å². The molecular formula is C26H27N3O3. The molecule has 0 radical (unpaired) electrons. The molecule has 0 bridgehead atoms. The van der Waals surface area contributed by atoms with E-state index in [0.717, 1.165) is 48.7 Å².